The van der Waals surface area contributed by atoms with Crippen LogP contribution in [0.25, 0.3) is 21.9 Å². The smallest absolute Gasteiger partial charge is 0.308 e. The van der Waals surface area contributed by atoms with Gasteiger partial charge in [-0.2, -0.15) is 5.10 Å². The molecule has 0 atom stereocenters. The third-order valence-electron chi connectivity index (χ3n) is 4.32. The Balaban J connectivity index is 1.40. The molecule has 2 N–H and O–H groups in total. The highest BCUT2D eigenvalue weighted by Gasteiger charge is 2.11. The van der Waals surface area contributed by atoms with Crippen molar-refractivity contribution in [2.24, 2.45) is 7.05 Å². The number of rotatable bonds is 5. The van der Waals surface area contributed by atoms with Crippen molar-refractivity contribution in [3.05, 3.63) is 53.0 Å². The minimum Gasteiger partial charge on any atom is -0.457 e. The topological polar surface area (TPSA) is 131 Å². The van der Waals surface area contributed by atoms with Gasteiger partial charge in [0.1, 0.15) is 11.2 Å². The molecule has 10 nitrogen and oxygen atoms in total. The highest BCUT2D eigenvalue weighted by molar-refractivity contribution is 5.87. The number of nitrogen functional groups attached to an aromatic ring is 1. The summed E-state index contributed by atoms with van der Waals surface area (Å²) in [4.78, 5) is 37.1. The van der Waals surface area contributed by atoms with Crippen LogP contribution in [0.4, 0.5) is 5.82 Å². The Morgan fingerprint density at radius 2 is 2.04 bits per heavy atom. The van der Waals surface area contributed by atoms with E-state index >= 15 is 0 Å². The molecule has 28 heavy (non-hydrogen) atoms. The third-order valence-corrected chi connectivity index (χ3v) is 4.32. The lowest BCUT2D eigenvalue weighted by molar-refractivity contribution is -0.145. The zero-order valence-corrected chi connectivity index (χ0v) is 15.1. The lowest BCUT2D eigenvalue weighted by atomic mass is 10.2. The first-order valence-corrected chi connectivity index (χ1v) is 8.57. The van der Waals surface area contributed by atoms with Gasteiger partial charge < -0.3 is 10.5 Å². The number of hydrogen-bond acceptors (Lipinski definition) is 8. The first kappa shape index (κ1) is 17.6. The predicted octanol–water partition coefficient (Wildman–Crippen LogP) is 0.789. The third kappa shape index (κ3) is 3.27. The molecule has 10 heteroatoms. The summed E-state index contributed by atoms with van der Waals surface area (Å²) < 4.78 is 8.09. The van der Waals surface area contributed by atoms with E-state index in [4.69, 9.17) is 10.5 Å². The Labute approximate surface area is 158 Å². The van der Waals surface area contributed by atoms with E-state index < -0.39 is 5.97 Å². The van der Waals surface area contributed by atoms with Crippen molar-refractivity contribution in [1.82, 2.24) is 29.3 Å². The second-order valence-electron chi connectivity index (χ2n) is 6.20. The van der Waals surface area contributed by atoms with Crippen molar-refractivity contribution < 1.29 is 9.53 Å². The fraction of sp³-hybridized carbons (Fsp3) is 0.222. The van der Waals surface area contributed by atoms with Gasteiger partial charge in [0.25, 0.3) is 5.56 Å². The van der Waals surface area contributed by atoms with Crippen molar-refractivity contribution >= 4 is 33.7 Å². The molecule has 0 bridgehead atoms. The molecule has 1 aromatic carbocycles. The number of carbonyl (C=O) groups is 1. The summed E-state index contributed by atoms with van der Waals surface area (Å²) in [7, 11) is 1.71. The standard InChI is InChI=1S/C18H17N7O3/c1-24-17-12(8-21-24)18(27)25(10-20-17)7-6-15(26)28-9-14-22-13-5-3-2-4-11(13)16(19)23-14/h2-5,8,10H,6-7,9H2,1H3,(H2,19,22,23). The van der Waals surface area contributed by atoms with Gasteiger partial charge in [0.05, 0.1) is 24.5 Å². The zero-order valence-electron chi connectivity index (χ0n) is 15.1. The molecule has 142 valence electrons. The second kappa shape index (κ2) is 7.06. The lowest BCUT2D eigenvalue weighted by Gasteiger charge is -2.08. The van der Waals surface area contributed by atoms with Crippen molar-refractivity contribution in [3.63, 3.8) is 0 Å². The fourth-order valence-corrected chi connectivity index (χ4v) is 2.87. The first-order valence-electron chi connectivity index (χ1n) is 8.57. The van der Waals surface area contributed by atoms with E-state index in [9.17, 15) is 9.59 Å². The maximum atomic E-state index is 12.4. The van der Waals surface area contributed by atoms with Crippen molar-refractivity contribution in [2.75, 3.05) is 5.73 Å². The van der Waals surface area contributed by atoms with E-state index in [1.807, 2.05) is 24.3 Å². The minimum absolute atomic E-state index is 0.0103. The van der Waals surface area contributed by atoms with Gasteiger partial charge in [-0.05, 0) is 12.1 Å². The predicted molar refractivity (Wildman–Crippen MR) is 101 cm³/mol. The average molecular weight is 379 g/mol. The Morgan fingerprint density at radius 3 is 2.89 bits per heavy atom. The van der Waals surface area contributed by atoms with Crippen molar-refractivity contribution in [1.29, 1.82) is 0 Å². The molecule has 3 aromatic heterocycles. The molecule has 0 spiro atoms. The Bertz CT molecular complexity index is 1250. The normalized spacial score (nSPS) is 11.2. The van der Waals surface area contributed by atoms with Gasteiger partial charge in [0.15, 0.2) is 18.1 Å². The summed E-state index contributed by atoms with van der Waals surface area (Å²) in [5.41, 5.74) is 6.84. The van der Waals surface area contributed by atoms with E-state index in [0.717, 1.165) is 5.39 Å². The Hall–Kier alpha value is -3.82. The molecule has 0 aliphatic rings. The average Bonchev–Trinajstić information content (AvgIpc) is 3.07. The van der Waals surface area contributed by atoms with Crippen LogP contribution in [0.15, 0.2) is 41.6 Å². The number of carbonyl (C=O) groups excluding carboxylic acids is 1. The first-order chi connectivity index (χ1) is 13.5. The monoisotopic (exact) mass is 379 g/mol. The number of esters is 1. The second-order valence-corrected chi connectivity index (χ2v) is 6.20. The molecular formula is C18H17N7O3. The number of nitrogens with zero attached hydrogens (tertiary/aromatic N) is 6. The minimum atomic E-state index is -0.478. The van der Waals surface area contributed by atoms with E-state index in [2.05, 4.69) is 20.1 Å². The number of ether oxygens (including phenoxy) is 1. The number of nitrogens with two attached hydrogens (primary N) is 1. The molecule has 3 heterocycles. The SMILES string of the molecule is Cn1ncc2c(=O)n(CCC(=O)OCc3nc(N)c4ccccc4n3)cnc21. The number of fused-ring (bicyclic) bond motifs is 2. The van der Waals surface area contributed by atoms with Crippen LogP contribution in [0.5, 0.6) is 0 Å². The quantitative estimate of drug-likeness (QED) is 0.504. The highest BCUT2D eigenvalue weighted by atomic mass is 16.5. The van der Waals surface area contributed by atoms with Crippen molar-refractivity contribution in [3.8, 4) is 0 Å². The number of anilines is 1. The summed E-state index contributed by atoms with van der Waals surface area (Å²) in [6.07, 6.45) is 2.87. The molecule has 4 aromatic rings. The Morgan fingerprint density at radius 1 is 1.21 bits per heavy atom. The van der Waals surface area contributed by atoms with Crippen LogP contribution in [-0.2, 0) is 29.7 Å². The van der Waals surface area contributed by atoms with E-state index in [1.165, 1.54) is 21.8 Å². The van der Waals surface area contributed by atoms with Gasteiger partial charge in [0.2, 0.25) is 0 Å². The van der Waals surface area contributed by atoms with E-state index in [-0.39, 0.29) is 25.1 Å². The number of para-hydroxylation sites is 1. The van der Waals surface area contributed by atoms with Crippen LogP contribution >= 0.6 is 0 Å². The summed E-state index contributed by atoms with van der Waals surface area (Å²) in [6.45, 7) is 0.0544. The van der Waals surface area contributed by atoms with Gasteiger partial charge >= 0.3 is 5.97 Å². The van der Waals surface area contributed by atoms with Gasteiger partial charge in [-0.1, -0.05) is 12.1 Å². The molecule has 0 aliphatic carbocycles. The summed E-state index contributed by atoms with van der Waals surface area (Å²) in [5.74, 6) is 0.174. The number of aryl methyl sites for hydroxylation is 2. The zero-order chi connectivity index (χ0) is 19.7. The number of hydrogen-bond donors (Lipinski definition) is 1. The van der Waals surface area contributed by atoms with Crippen LogP contribution in [0.1, 0.15) is 12.2 Å². The van der Waals surface area contributed by atoms with Crippen LogP contribution in [0.3, 0.4) is 0 Å². The summed E-state index contributed by atoms with van der Waals surface area (Å²) >= 11 is 0. The van der Waals surface area contributed by atoms with Gasteiger partial charge in [-0.15, -0.1) is 0 Å². The van der Waals surface area contributed by atoms with E-state index in [1.54, 1.807) is 7.05 Å². The molecular weight excluding hydrogens is 362 g/mol. The molecule has 0 amide bonds. The summed E-state index contributed by atoms with van der Waals surface area (Å²) in [5, 5.41) is 5.16. The molecule has 0 saturated heterocycles. The van der Waals surface area contributed by atoms with Crippen LogP contribution in [0, 0.1) is 0 Å². The molecule has 0 aliphatic heterocycles. The molecule has 0 radical (unpaired) electrons. The number of benzene rings is 1. The lowest BCUT2D eigenvalue weighted by Crippen LogP contribution is -2.22. The largest absolute Gasteiger partial charge is 0.457 e. The van der Waals surface area contributed by atoms with Gasteiger partial charge in [-0.25, -0.2) is 15.0 Å². The van der Waals surface area contributed by atoms with Gasteiger partial charge in [-0.3, -0.25) is 18.8 Å². The highest BCUT2D eigenvalue weighted by Crippen LogP contribution is 2.17. The molecule has 0 saturated carbocycles. The maximum absolute atomic E-state index is 12.4. The number of aromatic nitrogens is 6. The van der Waals surface area contributed by atoms with E-state index in [0.29, 0.717) is 28.2 Å². The Kier molecular flexibility index (Phi) is 4.44. The molecule has 0 fully saturated rings. The fourth-order valence-electron chi connectivity index (χ4n) is 2.87. The van der Waals surface area contributed by atoms with Gasteiger partial charge in [0, 0.05) is 19.0 Å². The van der Waals surface area contributed by atoms with Crippen LogP contribution < -0.4 is 11.3 Å². The van der Waals surface area contributed by atoms with Crippen molar-refractivity contribution in [2.45, 2.75) is 19.6 Å². The van der Waals surface area contributed by atoms with Crippen LogP contribution in [0.2, 0.25) is 0 Å². The molecule has 4 rings (SSSR count). The maximum Gasteiger partial charge on any atom is 0.308 e. The summed E-state index contributed by atoms with van der Waals surface area (Å²) in [6, 6.07) is 7.33. The molecule has 0 unspecified atom stereocenters. The van der Waals surface area contributed by atoms with Crippen LogP contribution in [-0.4, -0.2) is 35.3 Å².